The van der Waals surface area contributed by atoms with Gasteiger partial charge in [-0.3, -0.25) is 9.52 Å². The van der Waals surface area contributed by atoms with Crippen molar-refractivity contribution in [3.8, 4) is 0 Å². The summed E-state index contributed by atoms with van der Waals surface area (Å²) in [5.41, 5.74) is 1.71. The van der Waals surface area contributed by atoms with Gasteiger partial charge in [-0.2, -0.15) is 4.37 Å². The van der Waals surface area contributed by atoms with Crippen LogP contribution in [0.4, 0.5) is 15.2 Å². The number of benzene rings is 2. The van der Waals surface area contributed by atoms with E-state index >= 15 is 0 Å². The second-order valence-corrected chi connectivity index (χ2v) is 10.8. The molecule has 0 unspecified atom stereocenters. The molecule has 0 bridgehead atoms. The van der Waals surface area contributed by atoms with Crippen molar-refractivity contribution in [2.45, 2.75) is 24.4 Å². The van der Waals surface area contributed by atoms with E-state index in [1.807, 2.05) is 16.4 Å². The van der Waals surface area contributed by atoms with Crippen LogP contribution in [0.2, 0.25) is 0 Å². The molecule has 1 amide bonds. The Bertz CT molecular complexity index is 1450. The van der Waals surface area contributed by atoms with Crippen molar-refractivity contribution >= 4 is 49.2 Å². The number of sulfonamides is 1. The summed E-state index contributed by atoms with van der Waals surface area (Å²) < 4.78 is 46.6. The lowest BCUT2D eigenvalue weighted by molar-refractivity contribution is -0.134. The van der Waals surface area contributed by atoms with Gasteiger partial charge in [-0.25, -0.2) is 17.8 Å². The van der Waals surface area contributed by atoms with Crippen LogP contribution < -0.4 is 9.62 Å². The summed E-state index contributed by atoms with van der Waals surface area (Å²) in [6.45, 7) is 3.99. The van der Waals surface area contributed by atoms with Gasteiger partial charge in [-0.1, -0.05) is 0 Å². The first kappa shape index (κ1) is 23.2. The summed E-state index contributed by atoms with van der Waals surface area (Å²) in [6.07, 6.45) is 3.09. The van der Waals surface area contributed by atoms with Crippen LogP contribution in [-0.4, -0.2) is 58.8 Å². The molecule has 1 aliphatic heterocycles. The molecule has 3 heterocycles. The summed E-state index contributed by atoms with van der Waals surface area (Å²) in [5.74, 6) is -0.298. The number of hydrogen-bond donors (Lipinski definition) is 1. The molecule has 0 saturated carbocycles. The summed E-state index contributed by atoms with van der Waals surface area (Å²) in [7, 11) is -3.74. The molecule has 2 aromatic heterocycles. The van der Waals surface area contributed by atoms with E-state index in [0.717, 1.165) is 28.1 Å². The zero-order valence-corrected chi connectivity index (χ0v) is 20.5. The molecule has 1 fully saturated rings. The van der Waals surface area contributed by atoms with E-state index in [9.17, 15) is 17.6 Å². The minimum absolute atomic E-state index is 0.00293. The predicted octanol–water partition coefficient (Wildman–Crippen LogP) is 3.17. The highest BCUT2D eigenvalue weighted by Gasteiger charge is 2.28. The number of hydrogen-bond acceptors (Lipinski definition) is 7. The second kappa shape index (κ2) is 9.27. The highest BCUT2D eigenvalue weighted by atomic mass is 32.2. The fourth-order valence-corrected chi connectivity index (χ4v) is 6.00. The molecular weight excluding hydrogens is 491 g/mol. The summed E-state index contributed by atoms with van der Waals surface area (Å²) in [4.78, 5) is 21.0. The Morgan fingerprint density at radius 3 is 2.69 bits per heavy atom. The number of aromatic nitrogens is 3. The van der Waals surface area contributed by atoms with Crippen molar-refractivity contribution in [3.05, 3.63) is 66.9 Å². The van der Waals surface area contributed by atoms with Crippen molar-refractivity contribution in [1.29, 1.82) is 0 Å². The Morgan fingerprint density at radius 1 is 1.17 bits per heavy atom. The SMILES string of the molecule is C[C@@H]1CN(c2ccc(S(=O)(=O)Nc3ncns3)cc2)CCN1C(=O)Cn1ccc2cc(F)ccc21. The minimum Gasteiger partial charge on any atom is -0.368 e. The molecule has 182 valence electrons. The molecule has 2 aromatic carbocycles. The number of halogens is 1. The van der Waals surface area contributed by atoms with Crippen molar-refractivity contribution in [1.82, 2.24) is 18.8 Å². The third-order valence-corrected chi connectivity index (χ3v) is 8.15. The Morgan fingerprint density at radius 2 is 1.97 bits per heavy atom. The van der Waals surface area contributed by atoms with Gasteiger partial charge in [0, 0.05) is 60.0 Å². The molecule has 9 nitrogen and oxygen atoms in total. The summed E-state index contributed by atoms with van der Waals surface area (Å²) >= 11 is 0.966. The monoisotopic (exact) mass is 514 g/mol. The highest BCUT2D eigenvalue weighted by Crippen LogP contribution is 2.24. The Hall–Kier alpha value is -3.51. The zero-order chi connectivity index (χ0) is 24.6. The lowest BCUT2D eigenvalue weighted by Crippen LogP contribution is -2.54. The van der Waals surface area contributed by atoms with Gasteiger partial charge >= 0.3 is 0 Å². The molecule has 0 radical (unpaired) electrons. The van der Waals surface area contributed by atoms with Gasteiger partial charge in [-0.15, -0.1) is 0 Å². The largest absolute Gasteiger partial charge is 0.368 e. The standard InChI is InChI=1S/C23H23FN6O3S2/c1-16-13-28(19-3-5-20(6-4-19)35(32,33)27-23-25-15-26-34-23)10-11-30(16)22(31)14-29-9-8-17-12-18(24)2-7-21(17)29/h2-9,12,15-16H,10-11,13-14H2,1H3,(H,25,26,27)/t16-/m1/s1. The van der Waals surface area contributed by atoms with Gasteiger partial charge in [0.1, 0.15) is 18.7 Å². The van der Waals surface area contributed by atoms with Crippen LogP contribution in [0.3, 0.4) is 0 Å². The molecule has 4 aromatic rings. The molecule has 12 heteroatoms. The molecule has 1 saturated heterocycles. The lowest BCUT2D eigenvalue weighted by atomic mass is 10.1. The fraction of sp³-hybridized carbons (Fsp3) is 0.261. The maximum atomic E-state index is 13.5. The quantitative estimate of drug-likeness (QED) is 0.424. The Balaban J connectivity index is 1.22. The summed E-state index contributed by atoms with van der Waals surface area (Å²) in [6, 6.07) is 13.0. The van der Waals surface area contributed by atoms with Crippen molar-refractivity contribution in [2.75, 3.05) is 29.3 Å². The number of nitrogens with one attached hydrogen (secondary N) is 1. The maximum Gasteiger partial charge on any atom is 0.263 e. The third-order valence-electron chi connectivity index (χ3n) is 6.08. The van der Waals surface area contributed by atoms with Crippen LogP contribution in [-0.2, 0) is 21.4 Å². The van der Waals surface area contributed by atoms with E-state index < -0.39 is 10.0 Å². The number of nitrogens with zero attached hydrogens (tertiary/aromatic N) is 5. The van der Waals surface area contributed by atoms with Crippen LogP contribution in [0.5, 0.6) is 0 Å². The molecule has 35 heavy (non-hydrogen) atoms. The van der Waals surface area contributed by atoms with Crippen LogP contribution in [0.25, 0.3) is 10.9 Å². The fourth-order valence-electron chi connectivity index (χ4n) is 4.34. The van der Waals surface area contributed by atoms with Gasteiger partial charge in [-0.05, 0) is 55.5 Å². The average molecular weight is 515 g/mol. The van der Waals surface area contributed by atoms with Gasteiger partial charge in [0.2, 0.25) is 11.0 Å². The first-order valence-electron chi connectivity index (χ1n) is 11.0. The lowest BCUT2D eigenvalue weighted by Gasteiger charge is -2.41. The number of amides is 1. The average Bonchev–Trinajstić information content (AvgIpc) is 3.48. The van der Waals surface area contributed by atoms with Gasteiger partial charge in [0.15, 0.2) is 0 Å². The first-order valence-corrected chi connectivity index (χ1v) is 13.2. The minimum atomic E-state index is -3.74. The highest BCUT2D eigenvalue weighted by molar-refractivity contribution is 7.93. The third kappa shape index (κ3) is 4.84. The molecule has 1 aliphatic rings. The van der Waals surface area contributed by atoms with E-state index in [2.05, 4.69) is 19.0 Å². The molecule has 1 N–H and O–H groups in total. The van der Waals surface area contributed by atoms with E-state index in [4.69, 9.17) is 0 Å². The van der Waals surface area contributed by atoms with E-state index in [1.54, 1.807) is 42.6 Å². The van der Waals surface area contributed by atoms with Crippen LogP contribution >= 0.6 is 11.5 Å². The van der Waals surface area contributed by atoms with Crippen molar-refractivity contribution in [3.63, 3.8) is 0 Å². The van der Waals surface area contributed by atoms with Gasteiger partial charge in [0.25, 0.3) is 10.0 Å². The maximum absolute atomic E-state index is 13.5. The van der Waals surface area contributed by atoms with Crippen LogP contribution in [0, 0.1) is 5.82 Å². The number of rotatable bonds is 6. The molecule has 5 rings (SSSR count). The number of piperazine rings is 1. The predicted molar refractivity (Wildman–Crippen MR) is 132 cm³/mol. The molecule has 0 spiro atoms. The molecular formula is C23H23FN6O3S2. The molecule has 1 atom stereocenters. The van der Waals surface area contributed by atoms with Crippen molar-refractivity contribution in [2.24, 2.45) is 0 Å². The van der Waals surface area contributed by atoms with Gasteiger partial charge < -0.3 is 14.4 Å². The Labute approximate surface area is 206 Å². The van der Waals surface area contributed by atoms with Crippen LogP contribution in [0.15, 0.2) is 66.0 Å². The smallest absolute Gasteiger partial charge is 0.263 e. The summed E-state index contributed by atoms with van der Waals surface area (Å²) in [5, 5.41) is 0.975. The zero-order valence-electron chi connectivity index (χ0n) is 18.8. The van der Waals surface area contributed by atoms with Crippen LogP contribution in [0.1, 0.15) is 6.92 Å². The molecule has 0 aliphatic carbocycles. The number of carbonyl (C=O) groups is 1. The van der Waals surface area contributed by atoms with Gasteiger partial charge in [0.05, 0.1) is 4.90 Å². The number of fused-ring (bicyclic) bond motifs is 1. The Kier molecular flexibility index (Phi) is 6.15. The van der Waals surface area contributed by atoms with E-state index in [0.29, 0.717) is 19.6 Å². The normalized spacial score (nSPS) is 16.6. The number of anilines is 2. The van der Waals surface area contributed by atoms with E-state index in [-0.39, 0.29) is 34.3 Å². The second-order valence-electron chi connectivity index (χ2n) is 8.37. The van der Waals surface area contributed by atoms with Crippen molar-refractivity contribution < 1.29 is 17.6 Å². The number of carbonyl (C=O) groups excluding carboxylic acids is 1. The topological polar surface area (TPSA) is 100 Å². The van der Waals surface area contributed by atoms with E-state index in [1.165, 1.54) is 18.5 Å². The first-order chi connectivity index (χ1) is 16.8.